The molecule has 0 bridgehead atoms. The topological polar surface area (TPSA) is 34.0 Å². The molecular weight excluding hydrogens is 359 g/mol. The van der Waals surface area contributed by atoms with Gasteiger partial charge >= 0.3 is 0 Å². The third-order valence-corrected chi connectivity index (χ3v) is 4.73. The number of nitrogens with zero attached hydrogens (tertiary/aromatic N) is 1. The van der Waals surface area contributed by atoms with Crippen molar-refractivity contribution >= 4 is 38.6 Å². The Balaban J connectivity index is 2.02. The Bertz CT molecular complexity index is 756. The Kier molecular flexibility index (Phi) is 4.25. The highest BCUT2D eigenvalue weighted by atomic mass is 79.9. The average Bonchev–Trinajstić information content (AvgIpc) is 2.64. The van der Waals surface area contributed by atoms with Crippen LogP contribution in [0.3, 0.4) is 0 Å². The number of rotatable bonds is 3. The largest absolute Gasteiger partial charge is 0.324 e. The van der Waals surface area contributed by atoms with Crippen LogP contribution in [0.25, 0.3) is 10.9 Å². The van der Waals surface area contributed by atoms with Crippen LogP contribution in [0.15, 0.2) is 22.7 Å². The van der Waals surface area contributed by atoms with E-state index in [1.807, 2.05) is 26.8 Å². The first-order valence-electron chi connectivity index (χ1n) is 8.04. The van der Waals surface area contributed by atoms with E-state index in [1.54, 1.807) is 6.07 Å². The quantitative estimate of drug-likeness (QED) is 0.733. The van der Waals surface area contributed by atoms with Gasteiger partial charge in [-0.25, -0.2) is 4.39 Å². The monoisotopic (exact) mass is 380 g/mol. The SMILES string of the molecule is CC(C)(C)CC(=O)Nc1cc2c(F)cc(Br)cc2n1C1CCC1. The summed E-state index contributed by atoms with van der Waals surface area (Å²) < 4.78 is 17.1. The zero-order chi connectivity index (χ0) is 16.8. The second kappa shape index (κ2) is 5.93. The van der Waals surface area contributed by atoms with Crippen molar-refractivity contribution in [3.8, 4) is 0 Å². The Morgan fingerprint density at radius 1 is 1.35 bits per heavy atom. The number of hydrogen-bond donors (Lipinski definition) is 1. The van der Waals surface area contributed by atoms with Crippen LogP contribution >= 0.6 is 15.9 Å². The molecule has 1 N–H and O–H groups in total. The van der Waals surface area contributed by atoms with Gasteiger partial charge in [0.15, 0.2) is 0 Å². The van der Waals surface area contributed by atoms with Gasteiger partial charge < -0.3 is 9.88 Å². The summed E-state index contributed by atoms with van der Waals surface area (Å²) in [5, 5.41) is 3.56. The van der Waals surface area contributed by atoms with E-state index in [1.165, 1.54) is 12.5 Å². The van der Waals surface area contributed by atoms with Crippen molar-refractivity contribution in [1.29, 1.82) is 0 Å². The highest BCUT2D eigenvalue weighted by Crippen LogP contribution is 2.40. The van der Waals surface area contributed by atoms with Crippen LogP contribution in [0.2, 0.25) is 0 Å². The number of anilines is 1. The molecule has 0 saturated heterocycles. The summed E-state index contributed by atoms with van der Waals surface area (Å²) in [6, 6.07) is 5.49. The Morgan fingerprint density at radius 3 is 2.61 bits per heavy atom. The van der Waals surface area contributed by atoms with Crippen molar-refractivity contribution in [3.63, 3.8) is 0 Å². The maximum Gasteiger partial charge on any atom is 0.226 e. The van der Waals surface area contributed by atoms with E-state index in [-0.39, 0.29) is 17.1 Å². The minimum atomic E-state index is -0.265. The van der Waals surface area contributed by atoms with E-state index < -0.39 is 0 Å². The second-order valence-corrected chi connectivity index (χ2v) is 8.51. The van der Waals surface area contributed by atoms with Crippen molar-refractivity contribution in [3.05, 3.63) is 28.5 Å². The van der Waals surface area contributed by atoms with E-state index in [0.29, 0.717) is 28.1 Å². The maximum atomic E-state index is 14.3. The summed E-state index contributed by atoms with van der Waals surface area (Å²) in [7, 11) is 0. The molecule has 3 rings (SSSR count). The van der Waals surface area contributed by atoms with E-state index in [9.17, 15) is 9.18 Å². The summed E-state index contributed by atoms with van der Waals surface area (Å²) in [6.07, 6.45) is 3.75. The molecule has 2 aromatic rings. The van der Waals surface area contributed by atoms with Gasteiger partial charge in [0.05, 0.1) is 5.52 Å². The molecule has 1 amide bonds. The standard InChI is InChI=1S/C18H22BrFN2O/c1-18(2,3)10-17(23)21-16-9-13-14(20)7-11(19)8-15(13)22(16)12-5-4-6-12/h7-9,12H,4-6,10H2,1-3H3,(H,21,23). The number of fused-ring (bicyclic) bond motifs is 1. The Hall–Kier alpha value is -1.36. The lowest BCUT2D eigenvalue weighted by atomic mass is 9.92. The lowest BCUT2D eigenvalue weighted by Crippen LogP contribution is -2.24. The predicted molar refractivity (Wildman–Crippen MR) is 95.2 cm³/mol. The van der Waals surface area contributed by atoms with Crippen LogP contribution < -0.4 is 5.32 Å². The zero-order valence-corrected chi connectivity index (χ0v) is 15.3. The van der Waals surface area contributed by atoms with Gasteiger partial charge in [0.1, 0.15) is 11.6 Å². The molecule has 1 saturated carbocycles. The van der Waals surface area contributed by atoms with Gasteiger partial charge in [-0.1, -0.05) is 36.7 Å². The van der Waals surface area contributed by atoms with Gasteiger partial charge in [0.2, 0.25) is 5.91 Å². The molecule has 0 atom stereocenters. The number of hydrogen-bond acceptors (Lipinski definition) is 1. The van der Waals surface area contributed by atoms with Gasteiger partial charge in [-0.15, -0.1) is 0 Å². The Morgan fingerprint density at radius 2 is 2.04 bits per heavy atom. The molecular formula is C18H22BrFN2O. The van der Waals surface area contributed by atoms with Crippen LogP contribution in [-0.4, -0.2) is 10.5 Å². The Labute approximate surface area is 144 Å². The third-order valence-electron chi connectivity index (χ3n) is 4.27. The van der Waals surface area contributed by atoms with Crippen molar-refractivity contribution in [2.45, 2.75) is 52.5 Å². The number of carbonyl (C=O) groups is 1. The number of aromatic nitrogens is 1. The van der Waals surface area contributed by atoms with Crippen LogP contribution in [0.4, 0.5) is 10.2 Å². The van der Waals surface area contributed by atoms with E-state index in [0.717, 1.165) is 18.4 Å². The zero-order valence-electron chi connectivity index (χ0n) is 13.7. The first kappa shape index (κ1) is 16.5. The van der Waals surface area contributed by atoms with E-state index >= 15 is 0 Å². The molecule has 1 aromatic heterocycles. The molecule has 1 aliphatic carbocycles. The average molecular weight is 381 g/mol. The molecule has 0 aliphatic heterocycles. The third kappa shape index (κ3) is 3.44. The smallest absolute Gasteiger partial charge is 0.226 e. The van der Waals surface area contributed by atoms with Crippen molar-refractivity contribution in [2.24, 2.45) is 5.41 Å². The summed E-state index contributed by atoms with van der Waals surface area (Å²) in [6.45, 7) is 6.10. The number of carbonyl (C=O) groups excluding carboxylic acids is 1. The molecule has 1 fully saturated rings. The molecule has 0 unspecified atom stereocenters. The fourth-order valence-electron chi connectivity index (χ4n) is 3.05. The normalized spacial score (nSPS) is 15.7. The van der Waals surface area contributed by atoms with Crippen LogP contribution in [0.1, 0.15) is 52.5 Å². The van der Waals surface area contributed by atoms with Crippen molar-refractivity contribution in [2.75, 3.05) is 5.32 Å². The number of benzene rings is 1. The maximum absolute atomic E-state index is 14.3. The van der Waals surface area contributed by atoms with Crippen LogP contribution in [0, 0.1) is 11.2 Å². The number of nitrogens with one attached hydrogen (secondary N) is 1. The molecule has 1 aromatic carbocycles. The van der Waals surface area contributed by atoms with E-state index in [2.05, 4.69) is 25.8 Å². The van der Waals surface area contributed by atoms with Crippen LogP contribution in [-0.2, 0) is 4.79 Å². The molecule has 0 spiro atoms. The van der Waals surface area contributed by atoms with Gasteiger partial charge in [0.25, 0.3) is 0 Å². The van der Waals surface area contributed by atoms with Gasteiger partial charge in [-0.2, -0.15) is 0 Å². The fourth-order valence-corrected chi connectivity index (χ4v) is 3.47. The summed E-state index contributed by atoms with van der Waals surface area (Å²) in [4.78, 5) is 12.3. The van der Waals surface area contributed by atoms with Gasteiger partial charge in [-0.05, 0) is 42.9 Å². The highest BCUT2D eigenvalue weighted by molar-refractivity contribution is 9.10. The first-order chi connectivity index (χ1) is 10.7. The molecule has 1 aliphatic rings. The lowest BCUT2D eigenvalue weighted by Gasteiger charge is -2.30. The van der Waals surface area contributed by atoms with Crippen LogP contribution in [0.5, 0.6) is 0 Å². The molecule has 124 valence electrons. The predicted octanol–water partition coefficient (Wildman–Crippen LogP) is 5.64. The summed E-state index contributed by atoms with van der Waals surface area (Å²) in [5.41, 5.74) is 0.763. The van der Waals surface area contributed by atoms with Gasteiger partial charge in [-0.3, -0.25) is 4.79 Å². The minimum Gasteiger partial charge on any atom is -0.324 e. The molecule has 0 radical (unpaired) electrons. The minimum absolute atomic E-state index is 0.0275. The van der Waals surface area contributed by atoms with Gasteiger partial charge in [0, 0.05) is 22.3 Å². The molecule has 5 heteroatoms. The second-order valence-electron chi connectivity index (χ2n) is 7.59. The fraction of sp³-hybridized carbons (Fsp3) is 0.500. The number of halogens is 2. The summed E-state index contributed by atoms with van der Waals surface area (Å²) in [5.74, 6) is 0.412. The lowest BCUT2D eigenvalue weighted by molar-refractivity contribution is -0.117. The van der Waals surface area contributed by atoms with Crippen molar-refractivity contribution < 1.29 is 9.18 Å². The molecule has 23 heavy (non-hydrogen) atoms. The molecule has 3 nitrogen and oxygen atoms in total. The van der Waals surface area contributed by atoms with Crippen molar-refractivity contribution in [1.82, 2.24) is 4.57 Å². The molecule has 1 heterocycles. The number of amides is 1. The summed E-state index contributed by atoms with van der Waals surface area (Å²) >= 11 is 3.37. The van der Waals surface area contributed by atoms with E-state index in [4.69, 9.17) is 0 Å². The first-order valence-corrected chi connectivity index (χ1v) is 8.84. The highest BCUT2D eigenvalue weighted by Gasteiger charge is 2.26.